The van der Waals surface area contributed by atoms with Crippen LogP contribution >= 0.6 is 11.6 Å². The maximum absolute atomic E-state index is 5.91. The Hall–Kier alpha value is -0.730. The van der Waals surface area contributed by atoms with Crippen LogP contribution in [0.15, 0.2) is 35.5 Å². The molecule has 0 amide bonds. The summed E-state index contributed by atoms with van der Waals surface area (Å²) in [6.45, 7) is 9.25. The number of likely N-dealkylation sites (tertiary alicyclic amines) is 1. The Labute approximate surface area is 115 Å². The normalized spacial score (nSPS) is 30.0. The Kier molecular flexibility index (Phi) is 4.90. The molecule has 2 rings (SSSR count). The van der Waals surface area contributed by atoms with Gasteiger partial charge in [-0.15, -0.1) is 0 Å². The number of allylic oxidation sites excluding steroid dienone is 4. The van der Waals surface area contributed by atoms with Crippen molar-refractivity contribution in [2.75, 3.05) is 19.6 Å². The zero-order chi connectivity index (χ0) is 13.0. The third-order valence-electron chi connectivity index (χ3n) is 3.99. The van der Waals surface area contributed by atoms with E-state index in [1.165, 1.54) is 31.5 Å². The molecule has 3 heteroatoms. The summed E-state index contributed by atoms with van der Waals surface area (Å²) in [5.74, 6) is 0.837. The Balaban J connectivity index is 2.15. The molecule has 2 heterocycles. The first-order valence-corrected chi connectivity index (χ1v) is 7.24. The van der Waals surface area contributed by atoms with Crippen LogP contribution in [0.3, 0.4) is 0 Å². The molecule has 0 aromatic heterocycles. The predicted molar refractivity (Wildman–Crippen MR) is 78.6 cm³/mol. The smallest absolute Gasteiger partial charge is 0.0443 e. The van der Waals surface area contributed by atoms with E-state index in [0.717, 1.165) is 24.0 Å². The molecule has 0 aromatic rings. The van der Waals surface area contributed by atoms with E-state index in [-0.39, 0.29) is 0 Å². The largest absolute Gasteiger partial charge is 0.367 e. The van der Waals surface area contributed by atoms with E-state index in [1.807, 2.05) is 19.1 Å². The highest BCUT2D eigenvalue weighted by Crippen LogP contribution is 2.31. The van der Waals surface area contributed by atoms with Crippen LogP contribution in [0, 0.1) is 5.92 Å². The lowest BCUT2D eigenvalue weighted by Crippen LogP contribution is -2.53. The molecule has 2 unspecified atom stereocenters. The van der Waals surface area contributed by atoms with E-state index in [9.17, 15) is 0 Å². The van der Waals surface area contributed by atoms with Crippen LogP contribution in [0.2, 0.25) is 0 Å². The number of nitrogens with zero attached hydrogens (tertiary/aromatic N) is 1. The van der Waals surface area contributed by atoms with Gasteiger partial charge in [-0.3, -0.25) is 0 Å². The minimum absolute atomic E-state index is 0.626. The second-order valence-electron chi connectivity index (χ2n) is 5.20. The molecule has 18 heavy (non-hydrogen) atoms. The molecule has 0 radical (unpaired) electrons. The van der Waals surface area contributed by atoms with E-state index in [4.69, 9.17) is 11.6 Å². The third-order valence-corrected chi connectivity index (χ3v) is 4.11. The van der Waals surface area contributed by atoms with Gasteiger partial charge in [-0.05, 0) is 56.9 Å². The fraction of sp³-hybridized carbons (Fsp3) is 0.600. The number of halogens is 1. The van der Waals surface area contributed by atoms with Crippen molar-refractivity contribution in [1.82, 2.24) is 10.2 Å². The summed E-state index contributed by atoms with van der Waals surface area (Å²) in [6.07, 6.45) is 9.96. The van der Waals surface area contributed by atoms with E-state index >= 15 is 0 Å². The summed E-state index contributed by atoms with van der Waals surface area (Å²) >= 11 is 5.91. The summed E-state index contributed by atoms with van der Waals surface area (Å²) in [5.41, 5.74) is 1.20. The molecular formula is C15H23ClN2. The molecule has 100 valence electrons. The molecule has 2 aliphatic rings. The van der Waals surface area contributed by atoms with Gasteiger partial charge in [0.05, 0.1) is 0 Å². The maximum Gasteiger partial charge on any atom is 0.0443 e. The molecular weight excluding hydrogens is 244 g/mol. The monoisotopic (exact) mass is 266 g/mol. The molecule has 0 spiro atoms. The van der Waals surface area contributed by atoms with Crippen molar-refractivity contribution in [3.8, 4) is 0 Å². The highest BCUT2D eigenvalue weighted by molar-refractivity contribution is 6.29. The minimum Gasteiger partial charge on any atom is -0.367 e. The summed E-state index contributed by atoms with van der Waals surface area (Å²) < 4.78 is 0. The molecule has 2 atom stereocenters. The lowest BCUT2D eigenvalue weighted by atomic mass is 9.84. The Bertz CT molecular complexity index is 354. The maximum atomic E-state index is 5.91. The molecule has 2 aliphatic heterocycles. The van der Waals surface area contributed by atoms with Crippen LogP contribution in [0.1, 0.15) is 26.2 Å². The second-order valence-corrected chi connectivity index (χ2v) is 5.80. The van der Waals surface area contributed by atoms with Crippen LogP contribution in [-0.4, -0.2) is 30.6 Å². The molecule has 2 fully saturated rings. The Morgan fingerprint density at radius 2 is 2.22 bits per heavy atom. The standard InChI is InChI=1S/C15H23ClN2/c1-3-14(7-6-12(2)16)18-10-4-5-13-8-9-17-11-15(13)18/h3,6-7,13,15,17H,1,4-5,8-11H2,2H3/b12-6+,14-7+. The van der Waals surface area contributed by atoms with E-state index in [1.54, 1.807) is 0 Å². The number of piperidine rings is 2. The van der Waals surface area contributed by atoms with Gasteiger partial charge in [0.25, 0.3) is 0 Å². The number of nitrogens with one attached hydrogen (secondary N) is 1. The number of rotatable bonds is 3. The Morgan fingerprint density at radius 1 is 1.39 bits per heavy atom. The molecule has 0 saturated carbocycles. The van der Waals surface area contributed by atoms with Crippen molar-refractivity contribution in [2.24, 2.45) is 5.92 Å². The Morgan fingerprint density at radius 3 is 2.94 bits per heavy atom. The van der Waals surface area contributed by atoms with Gasteiger partial charge in [0.15, 0.2) is 0 Å². The van der Waals surface area contributed by atoms with Gasteiger partial charge in [0, 0.05) is 29.9 Å². The first-order valence-electron chi connectivity index (χ1n) is 6.86. The summed E-state index contributed by atoms with van der Waals surface area (Å²) in [5, 5.41) is 4.32. The summed E-state index contributed by atoms with van der Waals surface area (Å²) in [7, 11) is 0. The minimum atomic E-state index is 0.626. The molecule has 0 aromatic carbocycles. The summed E-state index contributed by atoms with van der Waals surface area (Å²) in [4.78, 5) is 2.50. The fourth-order valence-electron chi connectivity index (χ4n) is 3.09. The van der Waals surface area contributed by atoms with Gasteiger partial charge in [0.2, 0.25) is 0 Å². The zero-order valence-electron chi connectivity index (χ0n) is 11.2. The van der Waals surface area contributed by atoms with Crippen molar-refractivity contribution in [3.05, 3.63) is 35.5 Å². The van der Waals surface area contributed by atoms with E-state index in [0.29, 0.717) is 6.04 Å². The average molecular weight is 267 g/mol. The summed E-state index contributed by atoms with van der Waals surface area (Å²) in [6, 6.07) is 0.626. The highest BCUT2D eigenvalue weighted by atomic mass is 35.5. The first kappa shape index (κ1) is 13.7. The quantitative estimate of drug-likeness (QED) is 0.789. The lowest BCUT2D eigenvalue weighted by molar-refractivity contribution is 0.104. The zero-order valence-corrected chi connectivity index (χ0v) is 11.9. The number of hydrogen-bond donors (Lipinski definition) is 1. The molecule has 2 nitrogen and oxygen atoms in total. The van der Waals surface area contributed by atoms with Crippen molar-refractivity contribution in [3.63, 3.8) is 0 Å². The highest BCUT2D eigenvalue weighted by Gasteiger charge is 2.33. The molecule has 0 bridgehead atoms. The third kappa shape index (κ3) is 3.18. The van der Waals surface area contributed by atoms with Gasteiger partial charge in [-0.25, -0.2) is 0 Å². The average Bonchev–Trinajstić information content (AvgIpc) is 2.39. The molecule has 1 N–H and O–H groups in total. The van der Waals surface area contributed by atoms with Crippen LogP contribution in [-0.2, 0) is 0 Å². The van der Waals surface area contributed by atoms with Crippen LogP contribution in [0.4, 0.5) is 0 Å². The van der Waals surface area contributed by atoms with Crippen molar-refractivity contribution < 1.29 is 0 Å². The van der Waals surface area contributed by atoms with Gasteiger partial charge in [0.1, 0.15) is 0 Å². The van der Waals surface area contributed by atoms with Gasteiger partial charge < -0.3 is 10.2 Å². The number of fused-ring (bicyclic) bond motifs is 1. The van der Waals surface area contributed by atoms with Crippen LogP contribution in [0.5, 0.6) is 0 Å². The number of hydrogen-bond acceptors (Lipinski definition) is 2. The van der Waals surface area contributed by atoms with E-state index < -0.39 is 0 Å². The SMILES string of the molecule is C=C/C(=C\C=C(/C)Cl)N1CCCC2CCNCC21. The van der Waals surface area contributed by atoms with E-state index in [2.05, 4.69) is 22.9 Å². The predicted octanol–water partition coefficient (Wildman–Crippen LogP) is 3.27. The topological polar surface area (TPSA) is 15.3 Å². The van der Waals surface area contributed by atoms with Crippen LogP contribution in [0.25, 0.3) is 0 Å². The fourth-order valence-corrected chi connectivity index (χ4v) is 3.15. The van der Waals surface area contributed by atoms with Crippen molar-refractivity contribution in [2.45, 2.75) is 32.2 Å². The molecule has 0 aliphatic carbocycles. The molecule has 2 saturated heterocycles. The van der Waals surface area contributed by atoms with Crippen molar-refractivity contribution in [1.29, 1.82) is 0 Å². The van der Waals surface area contributed by atoms with Crippen LogP contribution < -0.4 is 5.32 Å². The van der Waals surface area contributed by atoms with Gasteiger partial charge in [-0.1, -0.05) is 18.2 Å². The van der Waals surface area contributed by atoms with Crippen molar-refractivity contribution >= 4 is 11.6 Å². The van der Waals surface area contributed by atoms with Gasteiger partial charge >= 0.3 is 0 Å². The first-order chi connectivity index (χ1) is 8.72. The van der Waals surface area contributed by atoms with Gasteiger partial charge in [-0.2, -0.15) is 0 Å². The lowest BCUT2D eigenvalue weighted by Gasteiger charge is -2.46. The second kappa shape index (κ2) is 6.44.